The lowest BCUT2D eigenvalue weighted by Crippen LogP contribution is -1.77. The molecule has 0 bridgehead atoms. The molecule has 0 spiro atoms. The molecule has 7 heavy (non-hydrogen) atoms. The molecule has 0 unspecified atom stereocenters. The summed E-state index contributed by atoms with van der Waals surface area (Å²) < 4.78 is 11.3. The topological polar surface area (TPSA) is 0 Å². The first-order chi connectivity index (χ1) is 3.41. The lowest BCUT2D eigenvalue weighted by atomic mass is 9.95. The molecule has 0 aromatic heterocycles. The van der Waals surface area contributed by atoms with Gasteiger partial charge in [-0.2, -0.15) is 0 Å². The fourth-order valence-corrected chi connectivity index (χ4v) is 0.521. The predicted octanol–water partition coefficient (Wildman–Crippen LogP) is 1.92. The molecule has 0 fully saturated rings. The number of hydrogen-bond acceptors (Lipinski definition) is 0. The molecule has 2 heteroatoms. The van der Waals surface area contributed by atoms with E-state index in [0.717, 1.165) is 12.7 Å². The minimum atomic E-state index is -0.139. The number of unbranched alkanes of at least 4 members (excludes halogenated alkanes) is 2. The van der Waals surface area contributed by atoms with Crippen molar-refractivity contribution in [1.82, 2.24) is 0 Å². The molecule has 0 aromatic rings. The molecule has 0 N–H and O–H groups in total. The standard InChI is InChI=1S/C5H12BF/c1-2-3-4-5-6-7/h6H,2-5H2,1H3. The molecule has 0 aliphatic heterocycles. The Morgan fingerprint density at radius 2 is 2.14 bits per heavy atom. The van der Waals surface area contributed by atoms with Gasteiger partial charge in [0, 0.05) is 0 Å². The highest BCUT2D eigenvalue weighted by molar-refractivity contribution is 6.25. The summed E-state index contributed by atoms with van der Waals surface area (Å²) in [5.41, 5.74) is 0. The molecule has 42 valence electrons. The average Bonchev–Trinajstić information content (AvgIpc) is 1.69. The van der Waals surface area contributed by atoms with E-state index in [4.69, 9.17) is 0 Å². The Balaban J connectivity index is 2.45. The van der Waals surface area contributed by atoms with Gasteiger partial charge in [0.25, 0.3) is 0 Å². The van der Waals surface area contributed by atoms with Crippen molar-refractivity contribution in [2.45, 2.75) is 32.5 Å². The van der Waals surface area contributed by atoms with Crippen LogP contribution in [0.1, 0.15) is 26.2 Å². The van der Waals surface area contributed by atoms with Crippen LogP contribution in [0.15, 0.2) is 0 Å². The normalized spacial score (nSPS) is 8.86. The molecule has 0 rings (SSSR count). The van der Waals surface area contributed by atoms with Crippen LogP contribution in [0, 0.1) is 0 Å². The fourth-order valence-electron chi connectivity index (χ4n) is 0.521. The van der Waals surface area contributed by atoms with Crippen molar-refractivity contribution < 1.29 is 4.32 Å². The van der Waals surface area contributed by atoms with Crippen molar-refractivity contribution in [1.29, 1.82) is 0 Å². The molecule has 0 aliphatic rings. The van der Waals surface area contributed by atoms with Crippen LogP contribution < -0.4 is 0 Å². The molecule has 0 amide bonds. The summed E-state index contributed by atoms with van der Waals surface area (Å²) in [6, 6.07) is 0. The van der Waals surface area contributed by atoms with Crippen LogP contribution >= 0.6 is 0 Å². The van der Waals surface area contributed by atoms with Crippen LogP contribution in [0.25, 0.3) is 0 Å². The van der Waals surface area contributed by atoms with Crippen molar-refractivity contribution in [2.24, 2.45) is 0 Å². The second-order valence-electron chi connectivity index (χ2n) is 1.75. The lowest BCUT2D eigenvalue weighted by molar-refractivity contribution is 0.746. The van der Waals surface area contributed by atoms with Crippen molar-refractivity contribution in [3.63, 3.8) is 0 Å². The zero-order valence-corrected chi connectivity index (χ0v) is 4.91. The highest BCUT2D eigenvalue weighted by atomic mass is 19.1. The SMILES string of the molecule is CCCCCBF. The van der Waals surface area contributed by atoms with E-state index in [0.29, 0.717) is 0 Å². The van der Waals surface area contributed by atoms with E-state index in [1.54, 1.807) is 0 Å². The zero-order chi connectivity index (χ0) is 5.54. The number of halogens is 1. The minimum Gasteiger partial charge on any atom is -0.341 e. The van der Waals surface area contributed by atoms with Crippen molar-refractivity contribution in [3.05, 3.63) is 0 Å². The molecule has 0 saturated heterocycles. The van der Waals surface area contributed by atoms with Gasteiger partial charge in [-0.05, 0) is 6.32 Å². The summed E-state index contributed by atoms with van der Waals surface area (Å²) >= 11 is 0. The van der Waals surface area contributed by atoms with Gasteiger partial charge in [-0.3, -0.25) is 0 Å². The third-order valence-electron chi connectivity index (χ3n) is 0.987. The van der Waals surface area contributed by atoms with Crippen LogP contribution in [-0.4, -0.2) is 7.56 Å². The molecule has 0 radical (unpaired) electrons. The third-order valence-corrected chi connectivity index (χ3v) is 0.987. The van der Waals surface area contributed by atoms with Crippen LogP contribution in [0.3, 0.4) is 0 Å². The summed E-state index contributed by atoms with van der Waals surface area (Å²) in [7, 11) is -0.139. The van der Waals surface area contributed by atoms with Crippen molar-refractivity contribution >= 4 is 7.56 Å². The van der Waals surface area contributed by atoms with Gasteiger partial charge in [0.05, 0.1) is 0 Å². The second kappa shape index (κ2) is 5.99. The molecular formula is C5H12BF. The van der Waals surface area contributed by atoms with E-state index in [-0.39, 0.29) is 7.56 Å². The second-order valence-corrected chi connectivity index (χ2v) is 1.75. The van der Waals surface area contributed by atoms with Gasteiger partial charge in [0.15, 0.2) is 0 Å². The Kier molecular flexibility index (Phi) is 5.99. The van der Waals surface area contributed by atoms with E-state index in [1.165, 1.54) is 12.8 Å². The Labute approximate surface area is 45.4 Å². The molecular weight excluding hydrogens is 89.9 g/mol. The Morgan fingerprint density at radius 3 is 2.57 bits per heavy atom. The maximum atomic E-state index is 11.3. The van der Waals surface area contributed by atoms with Crippen molar-refractivity contribution in [3.8, 4) is 0 Å². The van der Waals surface area contributed by atoms with E-state index < -0.39 is 0 Å². The maximum Gasteiger partial charge on any atom is 0.331 e. The fraction of sp³-hybridized carbons (Fsp3) is 1.00. The van der Waals surface area contributed by atoms with Gasteiger partial charge >= 0.3 is 7.56 Å². The predicted molar refractivity (Wildman–Crippen MR) is 32.6 cm³/mol. The van der Waals surface area contributed by atoms with Gasteiger partial charge < -0.3 is 4.32 Å². The van der Waals surface area contributed by atoms with Gasteiger partial charge in [-0.15, -0.1) is 0 Å². The van der Waals surface area contributed by atoms with E-state index >= 15 is 0 Å². The van der Waals surface area contributed by atoms with Crippen LogP contribution in [0.5, 0.6) is 0 Å². The largest absolute Gasteiger partial charge is 0.341 e. The highest BCUT2D eigenvalue weighted by Crippen LogP contribution is 1.97. The van der Waals surface area contributed by atoms with Gasteiger partial charge in [-0.25, -0.2) is 0 Å². The first-order valence-corrected chi connectivity index (χ1v) is 2.97. The Bertz CT molecular complexity index is 27.3. The summed E-state index contributed by atoms with van der Waals surface area (Å²) in [4.78, 5) is 0. The Hall–Kier alpha value is -0.00506. The molecule has 0 aromatic carbocycles. The van der Waals surface area contributed by atoms with Crippen LogP contribution in [-0.2, 0) is 0 Å². The lowest BCUT2D eigenvalue weighted by Gasteiger charge is -1.87. The molecule has 0 heterocycles. The van der Waals surface area contributed by atoms with Crippen molar-refractivity contribution in [2.75, 3.05) is 0 Å². The van der Waals surface area contributed by atoms with Gasteiger partial charge in [-0.1, -0.05) is 26.2 Å². The molecule has 0 saturated carbocycles. The maximum absolute atomic E-state index is 11.3. The number of rotatable bonds is 4. The van der Waals surface area contributed by atoms with Gasteiger partial charge in [0.2, 0.25) is 0 Å². The van der Waals surface area contributed by atoms with E-state index in [9.17, 15) is 4.32 Å². The quantitative estimate of drug-likeness (QED) is 0.375. The minimum absolute atomic E-state index is 0.139. The summed E-state index contributed by atoms with van der Waals surface area (Å²) in [5.74, 6) is 0. The van der Waals surface area contributed by atoms with Crippen LogP contribution in [0.2, 0.25) is 6.32 Å². The summed E-state index contributed by atoms with van der Waals surface area (Å²) in [6.07, 6.45) is 4.20. The van der Waals surface area contributed by atoms with E-state index in [1.807, 2.05) is 0 Å². The van der Waals surface area contributed by atoms with Gasteiger partial charge in [0.1, 0.15) is 0 Å². The molecule has 0 nitrogen and oxygen atoms in total. The third kappa shape index (κ3) is 5.99. The Morgan fingerprint density at radius 1 is 1.43 bits per heavy atom. The molecule has 0 atom stereocenters. The smallest absolute Gasteiger partial charge is 0.331 e. The highest BCUT2D eigenvalue weighted by Gasteiger charge is 1.85. The summed E-state index contributed by atoms with van der Waals surface area (Å²) in [6.45, 7) is 2.12. The van der Waals surface area contributed by atoms with Crippen LogP contribution in [0.4, 0.5) is 4.32 Å². The van der Waals surface area contributed by atoms with E-state index in [2.05, 4.69) is 6.92 Å². The monoisotopic (exact) mass is 102 g/mol. The number of hydrogen-bond donors (Lipinski definition) is 0. The zero-order valence-electron chi connectivity index (χ0n) is 4.91. The summed E-state index contributed by atoms with van der Waals surface area (Å²) in [5, 5.41) is 0. The first-order valence-electron chi connectivity index (χ1n) is 2.97. The average molecular weight is 102 g/mol. The first kappa shape index (κ1) is 6.99. The molecule has 0 aliphatic carbocycles.